The number of nitriles is 1. The van der Waals surface area contributed by atoms with Gasteiger partial charge in [-0.1, -0.05) is 17.7 Å². The third kappa shape index (κ3) is 5.52. The van der Waals surface area contributed by atoms with Crippen LogP contribution < -0.4 is 5.32 Å². The number of hydrogen-bond donors (Lipinski definition) is 1. The van der Waals surface area contributed by atoms with Crippen molar-refractivity contribution in [3.63, 3.8) is 0 Å². The molecule has 0 saturated heterocycles. The van der Waals surface area contributed by atoms with Crippen LogP contribution in [-0.4, -0.2) is 39.2 Å². The molecule has 0 bridgehead atoms. The van der Waals surface area contributed by atoms with E-state index >= 15 is 0 Å². The lowest BCUT2D eigenvalue weighted by atomic mass is 9.84. The molecule has 9 nitrogen and oxygen atoms in total. The Hall–Kier alpha value is -4.31. The first-order valence-corrected chi connectivity index (χ1v) is 14.3. The lowest BCUT2D eigenvalue weighted by Gasteiger charge is -2.27. The predicted octanol–water partition coefficient (Wildman–Crippen LogP) is 5.49. The van der Waals surface area contributed by atoms with Crippen LogP contribution in [0, 0.1) is 24.2 Å². The molecule has 41 heavy (non-hydrogen) atoms. The Labute approximate surface area is 234 Å². The van der Waals surface area contributed by atoms with Gasteiger partial charge in [-0.2, -0.15) is 18.4 Å². The van der Waals surface area contributed by atoms with E-state index in [2.05, 4.69) is 20.3 Å². The van der Waals surface area contributed by atoms with Crippen LogP contribution in [0.3, 0.4) is 0 Å². The molecule has 13 heteroatoms. The first-order chi connectivity index (χ1) is 19.4. The predicted molar refractivity (Wildman–Crippen MR) is 144 cm³/mol. The van der Waals surface area contributed by atoms with Crippen molar-refractivity contribution in [2.75, 3.05) is 5.32 Å². The summed E-state index contributed by atoms with van der Waals surface area (Å²) in [6.07, 6.45) is 0.570. The summed E-state index contributed by atoms with van der Waals surface area (Å²) in [5, 5.41) is 12.8. The monoisotopic (exact) mass is 582 g/mol. The summed E-state index contributed by atoms with van der Waals surface area (Å²) >= 11 is 0. The number of aryl methyl sites for hydroxylation is 1. The molecule has 1 fully saturated rings. The van der Waals surface area contributed by atoms with Crippen molar-refractivity contribution in [3.05, 3.63) is 65.6 Å². The second-order valence-corrected chi connectivity index (χ2v) is 11.9. The summed E-state index contributed by atoms with van der Waals surface area (Å²) in [6.45, 7) is 3.71. The van der Waals surface area contributed by atoms with Gasteiger partial charge in [0.15, 0.2) is 5.65 Å². The molecule has 1 atom stereocenters. The second kappa shape index (κ2) is 10.6. The van der Waals surface area contributed by atoms with Gasteiger partial charge < -0.3 is 5.32 Å². The summed E-state index contributed by atoms with van der Waals surface area (Å²) in [4.78, 5) is 24.1. The molecule has 0 amide bonds. The molecule has 5 rings (SSSR count). The van der Waals surface area contributed by atoms with Crippen LogP contribution in [-0.2, 0) is 21.0 Å². The average Bonchev–Trinajstić information content (AvgIpc) is 3.33. The number of halogens is 3. The van der Waals surface area contributed by atoms with E-state index in [-0.39, 0.29) is 56.4 Å². The molecule has 212 valence electrons. The number of alkyl halides is 3. The fourth-order valence-electron chi connectivity index (χ4n) is 4.95. The van der Waals surface area contributed by atoms with Gasteiger partial charge in [-0.25, -0.2) is 27.3 Å². The van der Waals surface area contributed by atoms with E-state index in [9.17, 15) is 31.6 Å². The number of nitrogens with zero attached hydrogens (tertiary/aromatic N) is 5. The lowest BCUT2D eigenvalue weighted by molar-refractivity contribution is -0.137. The Bertz CT molecular complexity index is 1780. The Morgan fingerprint density at radius 2 is 1.80 bits per heavy atom. The van der Waals surface area contributed by atoms with E-state index < -0.39 is 21.8 Å². The number of benzene rings is 1. The first kappa shape index (κ1) is 28.2. The van der Waals surface area contributed by atoms with E-state index in [1.165, 1.54) is 18.3 Å². The zero-order chi connectivity index (χ0) is 29.5. The molecule has 1 aliphatic carbocycles. The largest absolute Gasteiger partial charge is 0.417 e. The van der Waals surface area contributed by atoms with Crippen molar-refractivity contribution in [1.82, 2.24) is 18.9 Å². The number of hydrogen-bond acceptors (Lipinski definition) is 8. The van der Waals surface area contributed by atoms with E-state index in [1.807, 2.05) is 13.0 Å². The van der Waals surface area contributed by atoms with Crippen LogP contribution in [0.2, 0.25) is 0 Å². The lowest BCUT2D eigenvalue weighted by Crippen LogP contribution is -2.30. The number of nitrogens with one attached hydrogen (secondary N) is 1. The number of carbonyl (C=O) groups is 1. The third-order valence-electron chi connectivity index (χ3n) is 7.33. The molecule has 0 aliphatic heterocycles. The molecule has 1 aliphatic rings. The topological polar surface area (TPSA) is 131 Å². The second-order valence-electron chi connectivity index (χ2n) is 10.1. The molecule has 1 saturated carbocycles. The van der Waals surface area contributed by atoms with Crippen LogP contribution in [0.5, 0.6) is 0 Å². The molecular formula is C28H25F3N6O3S. The minimum atomic E-state index is -4.75. The molecule has 1 N–H and O–H groups in total. The number of anilines is 1. The van der Waals surface area contributed by atoms with E-state index in [1.54, 1.807) is 19.1 Å². The average molecular weight is 583 g/mol. The Morgan fingerprint density at radius 3 is 2.44 bits per heavy atom. The van der Waals surface area contributed by atoms with Gasteiger partial charge in [0.2, 0.25) is 5.95 Å². The van der Waals surface area contributed by atoms with Gasteiger partial charge in [0.25, 0.3) is 10.0 Å². The molecule has 0 radical (unpaired) electrons. The summed E-state index contributed by atoms with van der Waals surface area (Å²) in [5.74, 6) is 0.510. The minimum Gasteiger partial charge on any atom is -0.351 e. The number of rotatable bonds is 6. The Kier molecular flexibility index (Phi) is 7.29. The van der Waals surface area contributed by atoms with Gasteiger partial charge >= 0.3 is 6.18 Å². The summed E-state index contributed by atoms with van der Waals surface area (Å²) < 4.78 is 69.1. The Balaban J connectivity index is 1.65. The maximum atomic E-state index is 13.7. The summed E-state index contributed by atoms with van der Waals surface area (Å²) in [5.41, 5.74) is -0.625. The highest BCUT2D eigenvalue weighted by Gasteiger charge is 2.33. The first-order valence-electron chi connectivity index (χ1n) is 12.8. The Morgan fingerprint density at radius 1 is 1.12 bits per heavy atom. The maximum Gasteiger partial charge on any atom is 0.417 e. The standard InChI is InChI=1S/C28H25F3N6O3S/c1-16-3-9-22(10-4-16)41(39,40)37-15-24(23-11-20(28(29,30)31)14-33-26(23)37)25-19(12-32)13-34-27(36-25)35-17(2)18-5-7-21(38)8-6-18/h3-4,9-11,13-15,17-18H,5-8H2,1-2H3,(H,34,35,36)/t17-/m1/s1. The van der Waals surface area contributed by atoms with Crippen molar-refractivity contribution >= 4 is 32.8 Å². The number of carbonyl (C=O) groups excluding carboxylic acids is 1. The highest BCUT2D eigenvalue weighted by molar-refractivity contribution is 7.90. The number of ketones is 1. The van der Waals surface area contributed by atoms with Crippen molar-refractivity contribution in [1.29, 1.82) is 5.26 Å². The van der Waals surface area contributed by atoms with Crippen LogP contribution in [0.4, 0.5) is 19.1 Å². The fraction of sp³-hybridized carbons (Fsp3) is 0.321. The zero-order valence-corrected chi connectivity index (χ0v) is 22.9. The van der Waals surface area contributed by atoms with Crippen molar-refractivity contribution in [2.24, 2.45) is 5.92 Å². The van der Waals surface area contributed by atoms with Gasteiger partial charge in [-0.05, 0) is 50.8 Å². The van der Waals surface area contributed by atoms with Gasteiger partial charge in [0, 0.05) is 42.2 Å². The number of aromatic nitrogens is 4. The fourth-order valence-corrected chi connectivity index (χ4v) is 6.28. The van der Waals surface area contributed by atoms with Crippen LogP contribution >= 0.6 is 0 Å². The maximum absolute atomic E-state index is 13.7. The number of fused-ring (bicyclic) bond motifs is 1. The van der Waals surface area contributed by atoms with Crippen molar-refractivity contribution in [2.45, 2.75) is 56.6 Å². The molecule has 3 heterocycles. The quantitative estimate of drug-likeness (QED) is 0.316. The SMILES string of the molecule is Cc1ccc(S(=O)(=O)n2cc(-c3nc(N[C@H](C)C4CCC(=O)CC4)ncc3C#N)c3cc(C(F)(F)F)cnc32)cc1. The van der Waals surface area contributed by atoms with Crippen molar-refractivity contribution in [3.8, 4) is 17.3 Å². The molecule has 0 unspecified atom stereocenters. The van der Waals surface area contributed by atoms with Gasteiger partial charge in [-0.3, -0.25) is 4.79 Å². The van der Waals surface area contributed by atoms with Crippen LogP contribution in [0.1, 0.15) is 49.3 Å². The van der Waals surface area contributed by atoms with Gasteiger partial charge in [-0.15, -0.1) is 0 Å². The van der Waals surface area contributed by atoms with Gasteiger partial charge in [0.05, 0.1) is 27.9 Å². The van der Waals surface area contributed by atoms with E-state index in [4.69, 9.17) is 0 Å². The van der Waals surface area contributed by atoms with E-state index in [0.717, 1.165) is 21.8 Å². The van der Waals surface area contributed by atoms with Crippen molar-refractivity contribution < 1.29 is 26.4 Å². The molecule has 1 aromatic carbocycles. The molecule has 4 aromatic rings. The highest BCUT2D eigenvalue weighted by Crippen LogP contribution is 2.37. The smallest absolute Gasteiger partial charge is 0.351 e. The molecule has 3 aromatic heterocycles. The van der Waals surface area contributed by atoms with Crippen LogP contribution in [0.15, 0.2) is 53.8 Å². The third-order valence-corrected chi connectivity index (χ3v) is 9.00. The number of Topliss-reactive ketones (excluding diaryl/α,β-unsaturated/α-hetero) is 1. The normalized spacial score (nSPS) is 15.6. The van der Waals surface area contributed by atoms with Crippen LogP contribution in [0.25, 0.3) is 22.3 Å². The highest BCUT2D eigenvalue weighted by atomic mass is 32.2. The summed E-state index contributed by atoms with van der Waals surface area (Å²) in [7, 11) is -4.28. The minimum absolute atomic E-state index is 0.0211. The zero-order valence-electron chi connectivity index (χ0n) is 22.1. The molecular weight excluding hydrogens is 557 g/mol. The van der Waals surface area contributed by atoms with E-state index in [0.29, 0.717) is 31.9 Å². The van der Waals surface area contributed by atoms with Gasteiger partial charge in [0.1, 0.15) is 11.9 Å². The number of pyridine rings is 1. The molecule has 0 spiro atoms. The summed E-state index contributed by atoms with van der Waals surface area (Å²) in [6, 6.07) is 8.62.